The van der Waals surface area contributed by atoms with Gasteiger partial charge in [-0.3, -0.25) is 0 Å². The first-order valence-corrected chi connectivity index (χ1v) is 14.6. The molecule has 0 saturated heterocycles. The summed E-state index contributed by atoms with van der Waals surface area (Å²) in [6.45, 7) is 3.20. The number of rotatable bonds is 18. The Bertz CT molecular complexity index is 588. The van der Waals surface area contributed by atoms with Crippen molar-refractivity contribution in [2.75, 3.05) is 25.1 Å². The van der Waals surface area contributed by atoms with Gasteiger partial charge >= 0.3 is 0 Å². The first-order valence-electron chi connectivity index (χ1n) is 12.4. The highest BCUT2D eigenvalue weighted by Crippen LogP contribution is 2.14. The van der Waals surface area contributed by atoms with Gasteiger partial charge in [-0.2, -0.15) is 0 Å². The van der Waals surface area contributed by atoms with Crippen molar-refractivity contribution in [2.45, 2.75) is 110 Å². The number of sulfone groups is 1. The van der Waals surface area contributed by atoms with Crippen LogP contribution in [-0.2, 0) is 9.84 Å². The fraction of sp³-hybridized carbons (Fsp3) is 0.875. The topological polar surface area (TPSA) is 49.4 Å². The van der Waals surface area contributed by atoms with Gasteiger partial charge in [0.1, 0.15) is 0 Å². The van der Waals surface area contributed by atoms with Crippen molar-refractivity contribution in [3.63, 3.8) is 0 Å². The van der Waals surface area contributed by atoms with Crippen LogP contribution in [0.1, 0.15) is 110 Å². The fourth-order valence-electron chi connectivity index (χ4n) is 3.90. The third-order valence-electron chi connectivity index (χ3n) is 5.92. The van der Waals surface area contributed by atoms with Crippen LogP contribution in [0.4, 0.5) is 0 Å². The van der Waals surface area contributed by atoms with Crippen LogP contribution >= 0.6 is 12.2 Å². The summed E-state index contributed by atoms with van der Waals surface area (Å²) < 4.78 is 23.0. The van der Waals surface area contributed by atoms with Gasteiger partial charge in [-0.25, -0.2) is 8.42 Å². The number of thiocarbonyl (C=S) groups is 1. The molecular formula is C24H46N2O2S2. The molecule has 6 heteroatoms. The van der Waals surface area contributed by atoms with Crippen LogP contribution in [0.5, 0.6) is 0 Å². The second-order valence-corrected chi connectivity index (χ2v) is 11.4. The van der Waals surface area contributed by atoms with E-state index in [0.717, 1.165) is 18.7 Å². The van der Waals surface area contributed by atoms with E-state index in [1.165, 1.54) is 96.3 Å². The second kappa shape index (κ2) is 17.0. The zero-order valence-electron chi connectivity index (χ0n) is 19.6. The van der Waals surface area contributed by atoms with Gasteiger partial charge in [0.05, 0.1) is 11.5 Å². The summed E-state index contributed by atoms with van der Waals surface area (Å²) in [6.07, 6.45) is 23.7. The number of unbranched alkanes of at least 4 members (excludes halogenated alkanes) is 15. The Kier molecular flexibility index (Phi) is 15.5. The van der Waals surface area contributed by atoms with Crippen molar-refractivity contribution in [3.05, 3.63) is 11.8 Å². The summed E-state index contributed by atoms with van der Waals surface area (Å²) >= 11 is 5.38. The third kappa shape index (κ3) is 14.4. The van der Waals surface area contributed by atoms with Gasteiger partial charge in [0.15, 0.2) is 14.9 Å². The maximum Gasteiger partial charge on any atom is 0.172 e. The molecule has 30 heavy (non-hydrogen) atoms. The average Bonchev–Trinajstić information content (AvgIpc) is 3.05. The minimum atomic E-state index is -2.94. The Balaban J connectivity index is 1.84. The summed E-state index contributed by atoms with van der Waals surface area (Å²) in [5.74, 6) is 0.209. The SMILES string of the molecule is CCCCCCCCCCCCCCCCCCN(C)C(=S)NC1=CCS(=O)(=O)C1. The molecule has 0 saturated carbocycles. The molecule has 0 aliphatic carbocycles. The minimum Gasteiger partial charge on any atom is -0.352 e. The number of hydrogen-bond acceptors (Lipinski definition) is 3. The highest BCUT2D eigenvalue weighted by molar-refractivity contribution is 7.92. The van der Waals surface area contributed by atoms with Gasteiger partial charge in [-0.15, -0.1) is 0 Å². The minimum absolute atomic E-state index is 0.0834. The normalized spacial score (nSPS) is 15.2. The van der Waals surface area contributed by atoms with E-state index in [2.05, 4.69) is 12.2 Å². The van der Waals surface area contributed by atoms with Gasteiger partial charge in [-0.05, 0) is 24.7 Å². The summed E-state index contributed by atoms with van der Waals surface area (Å²) in [5, 5.41) is 3.70. The van der Waals surface area contributed by atoms with Crippen LogP contribution in [0.25, 0.3) is 0 Å². The first kappa shape index (κ1) is 27.4. The molecule has 0 aromatic heterocycles. The van der Waals surface area contributed by atoms with E-state index in [1.807, 2.05) is 11.9 Å². The van der Waals surface area contributed by atoms with Crippen molar-refractivity contribution in [1.29, 1.82) is 0 Å². The average molecular weight is 459 g/mol. The highest BCUT2D eigenvalue weighted by Gasteiger charge is 2.20. The zero-order valence-corrected chi connectivity index (χ0v) is 21.2. The van der Waals surface area contributed by atoms with Gasteiger partial charge in [-0.1, -0.05) is 103 Å². The van der Waals surface area contributed by atoms with Gasteiger partial charge in [0.25, 0.3) is 0 Å². The van der Waals surface area contributed by atoms with E-state index in [0.29, 0.717) is 5.11 Å². The lowest BCUT2D eigenvalue weighted by atomic mass is 10.0. The molecule has 0 bridgehead atoms. The maximum absolute atomic E-state index is 11.5. The largest absolute Gasteiger partial charge is 0.352 e. The second-order valence-electron chi connectivity index (χ2n) is 8.94. The predicted molar refractivity (Wildman–Crippen MR) is 135 cm³/mol. The molecule has 0 aromatic rings. The summed E-state index contributed by atoms with van der Waals surface area (Å²) in [7, 11) is -0.968. The molecule has 0 radical (unpaired) electrons. The van der Waals surface area contributed by atoms with Crippen LogP contribution < -0.4 is 5.32 Å². The van der Waals surface area contributed by atoms with E-state index in [1.54, 1.807) is 6.08 Å². The van der Waals surface area contributed by atoms with Gasteiger partial charge in [0.2, 0.25) is 0 Å². The number of nitrogens with zero attached hydrogens (tertiary/aromatic N) is 1. The van der Waals surface area contributed by atoms with E-state index in [9.17, 15) is 8.42 Å². The van der Waals surface area contributed by atoms with Gasteiger partial charge in [0, 0.05) is 19.3 Å². The van der Waals surface area contributed by atoms with Crippen molar-refractivity contribution < 1.29 is 8.42 Å². The first-order chi connectivity index (χ1) is 14.4. The van der Waals surface area contributed by atoms with E-state index >= 15 is 0 Å². The molecule has 1 heterocycles. The van der Waals surface area contributed by atoms with Crippen LogP contribution in [0.15, 0.2) is 11.8 Å². The molecule has 176 valence electrons. The summed E-state index contributed by atoms with van der Waals surface area (Å²) in [6, 6.07) is 0. The molecule has 1 aliphatic rings. The Morgan fingerprint density at radius 1 is 0.867 bits per heavy atom. The molecule has 0 fully saturated rings. The van der Waals surface area contributed by atoms with Crippen molar-refractivity contribution in [1.82, 2.24) is 10.2 Å². The lowest BCUT2D eigenvalue weighted by Gasteiger charge is -2.21. The lowest BCUT2D eigenvalue weighted by molar-refractivity contribution is 0.460. The van der Waals surface area contributed by atoms with Gasteiger partial charge < -0.3 is 10.2 Å². The standard InChI is InChI=1S/C24H46N2O2S2/c1-3-4-5-6-7-8-9-10-11-12-13-14-15-16-17-18-20-26(2)24(29)25-23-19-21-30(27,28)22-23/h19H,3-18,20-22H2,1-2H3,(H,25,29). The highest BCUT2D eigenvalue weighted by atomic mass is 32.2. The molecule has 0 spiro atoms. The molecule has 1 N–H and O–H groups in total. The smallest absolute Gasteiger partial charge is 0.172 e. The van der Waals surface area contributed by atoms with Crippen LogP contribution in [0.3, 0.4) is 0 Å². The number of nitrogens with one attached hydrogen (secondary N) is 1. The van der Waals surface area contributed by atoms with Crippen molar-refractivity contribution >= 4 is 27.2 Å². The Hall–Kier alpha value is -0.620. The molecular weight excluding hydrogens is 412 g/mol. The Labute approximate surface area is 192 Å². The fourth-order valence-corrected chi connectivity index (χ4v) is 5.36. The van der Waals surface area contributed by atoms with Crippen LogP contribution in [0, 0.1) is 0 Å². The molecule has 1 aliphatic heterocycles. The molecule has 0 atom stereocenters. The number of hydrogen-bond donors (Lipinski definition) is 1. The third-order valence-corrected chi connectivity index (χ3v) is 7.76. The molecule has 1 rings (SSSR count). The lowest BCUT2D eigenvalue weighted by Crippen LogP contribution is -2.37. The maximum atomic E-state index is 11.5. The van der Waals surface area contributed by atoms with E-state index < -0.39 is 9.84 Å². The van der Waals surface area contributed by atoms with E-state index in [4.69, 9.17) is 12.2 Å². The van der Waals surface area contributed by atoms with Crippen molar-refractivity contribution in [2.24, 2.45) is 0 Å². The Morgan fingerprint density at radius 2 is 1.30 bits per heavy atom. The predicted octanol–water partition coefficient (Wildman–Crippen LogP) is 6.37. The molecule has 0 amide bonds. The summed E-state index contributed by atoms with van der Waals surface area (Å²) in [4.78, 5) is 2.02. The Morgan fingerprint density at radius 3 is 1.70 bits per heavy atom. The molecule has 0 unspecified atom stereocenters. The monoisotopic (exact) mass is 458 g/mol. The summed E-state index contributed by atoms with van der Waals surface area (Å²) in [5.41, 5.74) is 0.721. The molecule has 0 aromatic carbocycles. The molecule has 4 nitrogen and oxygen atoms in total. The zero-order chi connectivity index (χ0) is 22.1. The van der Waals surface area contributed by atoms with E-state index in [-0.39, 0.29) is 11.5 Å². The van der Waals surface area contributed by atoms with Crippen molar-refractivity contribution in [3.8, 4) is 0 Å². The quantitative estimate of drug-likeness (QED) is 0.191. The van der Waals surface area contributed by atoms with Crippen LogP contribution in [0.2, 0.25) is 0 Å². The van der Waals surface area contributed by atoms with Crippen LogP contribution in [-0.4, -0.2) is 43.5 Å².